The Kier molecular flexibility index (Phi) is 6.05. The standard InChI is InChI=1S/C19H30N2O2/c1-15-7-5-6-12-21(15)14-17-10-8-16(9-11-17)13-20-18(22)23-19(2,3)4/h8-11,15H,5-7,12-14H2,1-4H3,(H,20,22)/t15-/m1/s1. The average Bonchev–Trinajstić information content (AvgIpc) is 2.47. The summed E-state index contributed by atoms with van der Waals surface area (Å²) in [5.74, 6) is 0. The number of benzene rings is 1. The number of amides is 1. The van der Waals surface area contributed by atoms with Crippen molar-refractivity contribution in [3.63, 3.8) is 0 Å². The average molecular weight is 318 g/mol. The molecule has 1 aliphatic heterocycles. The van der Waals surface area contributed by atoms with Gasteiger partial charge in [0.15, 0.2) is 0 Å². The van der Waals surface area contributed by atoms with E-state index in [0.29, 0.717) is 12.6 Å². The minimum Gasteiger partial charge on any atom is -0.444 e. The van der Waals surface area contributed by atoms with Crippen molar-refractivity contribution in [3.8, 4) is 0 Å². The second-order valence-corrected chi connectivity index (χ2v) is 7.49. The highest BCUT2D eigenvalue weighted by Gasteiger charge is 2.18. The van der Waals surface area contributed by atoms with Crippen molar-refractivity contribution in [1.29, 1.82) is 0 Å². The van der Waals surface area contributed by atoms with Crippen molar-refractivity contribution in [2.45, 2.75) is 71.7 Å². The summed E-state index contributed by atoms with van der Waals surface area (Å²) in [5, 5.41) is 2.79. The smallest absolute Gasteiger partial charge is 0.407 e. The summed E-state index contributed by atoms with van der Waals surface area (Å²) in [6.07, 6.45) is 3.59. The Hall–Kier alpha value is -1.55. The molecule has 0 aromatic heterocycles. The normalized spacial score (nSPS) is 19.4. The van der Waals surface area contributed by atoms with Crippen LogP contribution in [0.3, 0.4) is 0 Å². The quantitative estimate of drug-likeness (QED) is 0.909. The van der Waals surface area contributed by atoms with Crippen LogP contribution in [0.4, 0.5) is 4.79 Å². The Labute approximate surface area is 140 Å². The Morgan fingerprint density at radius 2 is 1.87 bits per heavy atom. The molecule has 1 aliphatic rings. The number of carbonyl (C=O) groups is 1. The van der Waals surface area contributed by atoms with Gasteiger partial charge in [-0.1, -0.05) is 30.7 Å². The van der Waals surface area contributed by atoms with E-state index in [9.17, 15) is 4.79 Å². The molecule has 0 unspecified atom stereocenters. The maximum absolute atomic E-state index is 11.7. The fourth-order valence-corrected chi connectivity index (χ4v) is 2.88. The number of hydrogen-bond acceptors (Lipinski definition) is 3. The van der Waals surface area contributed by atoms with E-state index in [1.54, 1.807) is 0 Å². The molecule has 1 aromatic carbocycles. The van der Waals surface area contributed by atoms with Crippen molar-refractivity contribution in [1.82, 2.24) is 10.2 Å². The fraction of sp³-hybridized carbons (Fsp3) is 0.632. The van der Waals surface area contributed by atoms with Gasteiger partial charge in [-0.05, 0) is 58.2 Å². The molecule has 128 valence electrons. The molecular formula is C19H30N2O2. The number of ether oxygens (including phenoxy) is 1. The van der Waals surface area contributed by atoms with E-state index in [2.05, 4.69) is 41.4 Å². The molecule has 0 bridgehead atoms. The first kappa shape index (κ1) is 17.8. The first-order valence-corrected chi connectivity index (χ1v) is 8.62. The van der Waals surface area contributed by atoms with Crippen LogP contribution in [0.5, 0.6) is 0 Å². The van der Waals surface area contributed by atoms with Gasteiger partial charge in [0.05, 0.1) is 0 Å². The van der Waals surface area contributed by atoms with Crippen LogP contribution in [0.25, 0.3) is 0 Å². The third-order valence-electron chi connectivity index (χ3n) is 4.18. The van der Waals surface area contributed by atoms with Gasteiger partial charge >= 0.3 is 6.09 Å². The van der Waals surface area contributed by atoms with Crippen molar-refractivity contribution >= 4 is 6.09 Å². The first-order chi connectivity index (χ1) is 10.8. The van der Waals surface area contributed by atoms with E-state index in [1.807, 2.05) is 20.8 Å². The van der Waals surface area contributed by atoms with Gasteiger partial charge in [-0.2, -0.15) is 0 Å². The molecule has 1 fully saturated rings. The lowest BCUT2D eigenvalue weighted by atomic mass is 10.0. The molecule has 1 aromatic rings. The highest BCUT2D eigenvalue weighted by molar-refractivity contribution is 5.67. The van der Waals surface area contributed by atoms with Crippen LogP contribution >= 0.6 is 0 Å². The van der Waals surface area contributed by atoms with Gasteiger partial charge in [0.2, 0.25) is 0 Å². The second kappa shape index (κ2) is 7.82. The minimum atomic E-state index is -0.459. The number of likely N-dealkylation sites (tertiary alicyclic amines) is 1. The van der Waals surface area contributed by atoms with Gasteiger partial charge < -0.3 is 10.1 Å². The monoisotopic (exact) mass is 318 g/mol. The first-order valence-electron chi connectivity index (χ1n) is 8.62. The van der Waals surface area contributed by atoms with Gasteiger partial charge in [0.25, 0.3) is 0 Å². The maximum Gasteiger partial charge on any atom is 0.407 e. The van der Waals surface area contributed by atoms with Gasteiger partial charge in [-0.25, -0.2) is 4.79 Å². The summed E-state index contributed by atoms with van der Waals surface area (Å²) in [5.41, 5.74) is 1.96. The lowest BCUT2D eigenvalue weighted by Gasteiger charge is -2.33. The SMILES string of the molecule is C[C@@H]1CCCCN1Cc1ccc(CNC(=O)OC(C)(C)C)cc1. The number of piperidine rings is 1. The van der Waals surface area contributed by atoms with Crippen molar-refractivity contribution in [2.75, 3.05) is 6.54 Å². The number of alkyl carbamates (subject to hydrolysis) is 1. The number of hydrogen-bond donors (Lipinski definition) is 1. The zero-order valence-corrected chi connectivity index (χ0v) is 14.9. The minimum absolute atomic E-state index is 0.372. The maximum atomic E-state index is 11.7. The lowest BCUT2D eigenvalue weighted by Crippen LogP contribution is -2.36. The molecule has 4 heteroatoms. The van der Waals surface area contributed by atoms with Crippen molar-refractivity contribution < 1.29 is 9.53 Å². The summed E-state index contributed by atoms with van der Waals surface area (Å²) in [4.78, 5) is 14.2. The zero-order chi connectivity index (χ0) is 16.9. The molecule has 2 rings (SSSR count). The Morgan fingerprint density at radius 1 is 1.22 bits per heavy atom. The van der Waals surface area contributed by atoms with E-state index in [0.717, 1.165) is 12.1 Å². The number of nitrogens with one attached hydrogen (secondary N) is 1. The lowest BCUT2D eigenvalue weighted by molar-refractivity contribution is 0.0523. The van der Waals surface area contributed by atoms with E-state index in [-0.39, 0.29) is 6.09 Å². The van der Waals surface area contributed by atoms with E-state index in [4.69, 9.17) is 4.74 Å². The summed E-state index contributed by atoms with van der Waals surface area (Å²) >= 11 is 0. The highest BCUT2D eigenvalue weighted by Crippen LogP contribution is 2.19. The van der Waals surface area contributed by atoms with Crippen molar-refractivity contribution in [3.05, 3.63) is 35.4 Å². The topological polar surface area (TPSA) is 41.6 Å². The van der Waals surface area contributed by atoms with Crippen LogP contribution in [0.15, 0.2) is 24.3 Å². The van der Waals surface area contributed by atoms with Crippen LogP contribution in [-0.4, -0.2) is 29.2 Å². The predicted molar refractivity (Wildman–Crippen MR) is 93.2 cm³/mol. The van der Waals surface area contributed by atoms with Crippen LogP contribution < -0.4 is 5.32 Å². The Balaban J connectivity index is 1.81. The molecule has 4 nitrogen and oxygen atoms in total. The molecule has 1 atom stereocenters. The third-order valence-corrected chi connectivity index (χ3v) is 4.18. The van der Waals surface area contributed by atoms with E-state index >= 15 is 0 Å². The van der Waals surface area contributed by atoms with Gasteiger partial charge in [-0.3, -0.25) is 4.90 Å². The Morgan fingerprint density at radius 3 is 2.48 bits per heavy atom. The molecule has 0 spiro atoms. The van der Waals surface area contributed by atoms with Crippen LogP contribution in [0, 0.1) is 0 Å². The van der Waals surface area contributed by atoms with Gasteiger partial charge in [0, 0.05) is 19.1 Å². The van der Waals surface area contributed by atoms with E-state index < -0.39 is 5.60 Å². The molecule has 1 saturated heterocycles. The highest BCUT2D eigenvalue weighted by atomic mass is 16.6. The largest absolute Gasteiger partial charge is 0.444 e. The molecule has 1 heterocycles. The molecule has 0 saturated carbocycles. The summed E-state index contributed by atoms with van der Waals surface area (Å²) < 4.78 is 5.24. The van der Waals surface area contributed by atoms with Gasteiger partial charge in [-0.15, -0.1) is 0 Å². The van der Waals surface area contributed by atoms with Crippen LogP contribution in [-0.2, 0) is 17.8 Å². The summed E-state index contributed by atoms with van der Waals surface area (Å²) in [6, 6.07) is 9.17. The predicted octanol–water partition coefficient (Wildman–Crippen LogP) is 4.09. The number of carbonyl (C=O) groups excluding carboxylic acids is 1. The molecular weight excluding hydrogens is 288 g/mol. The van der Waals surface area contributed by atoms with Crippen LogP contribution in [0.1, 0.15) is 58.1 Å². The zero-order valence-electron chi connectivity index (χ0n) is 14.9. The summed E-state index contributed by atoms with van der Waals surface area (Å²) in [6.45, 7) is 10.6. The van der Waals surface area contributed by atoms with Crippen LogP contribution in [0.2, 0.25) is 0 Å². The number of rotatable bonds is 4. The third kappa shape index (κ3) is 6.22. The molecule has 0 radical (unpaired) electrons. The molecule has 23 heavy (non-hydrogen) atoms. The Bertz CT molecular complexity index is 505. The number of nitrogens with zero attached hydrogens (tertiary/aromatic N) is 1. The summed E-state index contributed by atoms with van der Waals surface area (Å²) in [7, 11) is 0. The second-order valence-electron chi connectivity index (χ2n) is 7.49. The molecule has 1 amide bonds. The van der Waals surface area contributed by atoms with Gasteiger partial charge in [0.1, 0.15) is 5.60 Å². The molecule has 0 aliphatic carbocycles. The van der Waals surface area contributed by atoms with E-state index in [1.165, 1.54) is 31.4 Å². The molecule has 1 N–H and O–H groups in total. The fourth-order valence-electron chi connectivity index (χ4n) is 2.88. The van der Waals surface area contributed by atoms with Crippen molar-refractivity contribution in [2.24, 2.45) is 0 Å².